The van der Waals surface area contributed by atoms with Crippen molar-refractivity contribution < 1.29 is 29.0 Å². The van der Waals surface area contributed by atoms with Crippen LogP contribution < -0.4 is 10.6 Å². The lowest BCUT2D eigenvalue weighted by Crippen LogP contribution is -2.52. The largest absolute Gasteiger partial charge is 0.480 e. The predicted molar refractivity (Wildman–Crippen MR) is 125 cm³/mol. The van der Waals surface area contributed by atoms with Gasteiger partial charge in [-0.25, -0.2) is 9.59 Å². The van der Waals surface area contributed by atoms with Gasteiger partial charge in [-0.05, 0) is 42.0 Å². The van der Waals surface area contributed by atoms with Crippen molar-refractivity contribution in [1.82, 2.24) is 10.6 Å². The lowest BCUT2D eigenvalue weighted by atomic mass is 9.98. The van der Waals surface area contributed by atoms with Gasteiger partial charge in [0.25, 0.3) is 0 Å². The smallest absolute Gasteiger partial charge is 0.407 e. The van der Waals surface area contributed by atoms with E-state index in [4.69, 9.17) is 9.47 Å². The number of carboxylic acids is 1. The summed E-state index contributed by atoms with van der Waals surface area (Å²) in [6.45, 7) is 1.77. The molecule has 8 heteroatoms. The zero-order chi connectivity index (χ0) is 24.2. The van der Waals surface area contributed by atoms with Crippen molar-refractivity contribution in [3.63, 3.8) is 0 Å². The van der Waals surface area contributed by atoms with Crippen molar-refractivity contribution in [2.24, 2.45) is 5.92 Å². The van der Waals surface area contributed by atoms with Gasteiger partial charge in [-0.15, -0.1) is 0 Å². The van der Waals surface area contributed by atoms with Gasteiger partial charge in [0.1, 0.15) is 6.61 Å². The molecule has 3 N–H and O–H groups in total. The van der Waals surface area contributed by atoms with E-state index in [1.165, 1.54) is 7.11 Å². The molecule has 0 aromatic heterocycles. The predicted octanol–water partition coefficient (Wildman–Crippen LogP) is 3.30. The molecule has 4 atom stereocenters. The average Bonchev–Trinajstić information content (AvgIpc) is 3.43. The highest BCUT2D eigenvalue weighted by atomic mass is 16.5. The third-order valence-electron chi connectivity index (χ3n) is 6.90. The van der Waals surface area contributed by atoms with Crippen molar-refractivity contribution in [3.05, 3.63) is 59.7 Å². The quantitative estimate of drug-likeness (QED) is 0.550. The average molecular weight is 467 g/mol. The highest BCUT2D eigenvalue weighted by Gasteiger charge is 2.37. The maximum atomic E-state index is 12.8. The number of rotatable bonds is 8. The molecule has 0 saturated heterocycles. The molecule has 4 rings (SSSR count). The Morgan fingerprint density at radius 1 is 1.03 bits per heavy atom. The Labute approximate surface area is 198 Å². The number of hydrogen-bond donors (Lipinski definition) is 3. The summed E-state index contributed by atoms with van der Waals surface area (Å²) in [5, 5.41) is 14.8. The second kappa shape index (κ2) is 10.3. The van der Waals surface area contributed by atoms with E-state index >= 15 is 0 Å². The van der Waals surface area contributed by atoms with Crippen LogP contribution in [0.4, 0.5) is 4.79 Å². The first kappa shape index (κ1) is 23.8. The maximum absolute atomic E-state index is 12.8. The van der Waals surface area contributed by atoms with Gasteiger partial charge < -0.3 is 25.2 Å². The van der Waals surface area contributed by atoms with Gasteiger partial charge in [0, 0.05) is 19.1 Å². The zero-order valence-electron chi connectivity index (χ0n) is 19.3. The summed E-state index contributed by atoms with van der Waals surface area (Å²) < 4.78 is 10.7. The number of carbonyl (C=O) groups is 3. The molecule has 0 spiro atoms. The molecule has 1 saturated carbocycles. The van der Waals surface area contributed by atoms with Crippen LogP contribution in [-0.2, 0) is 19.1 Å². The summed E-state index contributed by atoms with van der Waals surface area (Å²) in [6.07, 6.45) is 0.681. The fourth-order valence-corrected chi connectivity index (χ4v) is 5.01. The normalized spacial score (nSPS) is 20.6. The summed E-state index contributed by atoms with van der Waals surface area (Å²) in [5.74, 6) is -2.14. The molecule has 0 bridgehead atoms. The van der Waals surface area contributed by atoms with Crippen molar-refractivity contribution in [3.8, 4) is 11.1 Å². The molecule has 2 amide bonds. The zero-order valence-corrected chi connectivity index (χ0v) is 19.3. The fraction of sp³-hybridized carbons (Fsp3) is 0.423. The Morgan fingerprint density at radius 2 is 1.65 bits per heavy atom. The molecular formula is C26H30N2O6. The maximum Gasteiger partial charge on any atom is 0.407 e. The first-order valence-corrected chi connectivity index (χ1v) is 11.6. The summed E-state index contributed by atoms with van der Waals surface area (Å²) in [6, 6.07) is 14.6. The van der Waals surface area contributed by atoms with Gasteiger partial charge in [0.15, 0.2) is 6.04 Å². The van der Waals surface area contributed by atoms with E-state index in [2.05, 4.69) is 34.9 Å². The Kier molecular flexibility index (Phi) is 7.17. The minimum atomic E-state index is -1.17. The van der Waals surface area contributed by atoms with Gasteiger partial charge in [-0.1, -0.05) is 55.0 Å². The first-order valence-electron chi connectivity index (χ1n) is 11.6. The second-order valence-corrected chi connectivity index (χ2v) is 8.88. The minimum absolute atomic E-state index is 0.0484. The summed E-state index contributed by atoms with van der Waals surface area (Å²) >= 11 is 0. The summed E-state index contributed by atoms with van der Waals surface area (Å²) in [4.78, 5) is 37.0. The number of benzene rings is 2. The van der Waals surface area contributed by atoms with E-state index in [0.717, 1.165) is 28.7 Å². The molecule has 2 unspecified atom stereocenters. The lowest BCUT2D eigenvalue weighted by Gasteiger charge is -2.25. The molecule has 2 aliphatic rings. The lowest BCUT2D eigenvalue weighted by molar-refractivity contribution is -0.146. The fourth-order valence-electron chi connectivity index (χ4n) is 5.01. The summed E-state index contributed by atoms with van der Waals surface area (Å²) in [5.41, 5.74) is 4.55. The number of carboxylic acid groups (broad SMARTS) is 1. The Bertz CT molecular complexity index is 1030. The molecule has 0 radical (unpaired) electrons. The van der Waals surface area contributed by atoms with E-state index in [1.807, 2.05) is 24.3 Å². The standard InChI is InChI=1S/C26H30N2O6/c1-15(33-2)23(25(30)31)28-24(29)20-12-7-13-22(20)27-26(32)34-14-21-18-10-5-3-8-16(18)17-9-4-6-11-19(17)21/h3-6,8-11,15,20-23H,7,12-14H2,1-2H3,(H,27,32)(H,28,29)(H,30,31)/t15-,20?,22?,23+/m1/s1. The molecule has 34 heavy (non-hydrogen) atoms. The van der Waals surface area contributed by atoms with Gasteiger partial charge in [-0.3, -0.25) is 4.79 Å². The number of hydrogen-bond acceptors (Lipinski definition) is 5. The number of alkyl carbamates (subject to hydrolysis) is 1. The van der Waals surface area contributed by atoms with E-state index < -0.39 is 42.1 Å². The number of aliphatic carboxylic acids is 1. The van der Waals surface area contributed by atoms with E-state index in [0.29, 0.717) is 12.8 Å². The van der Waals surface area contributed by atoms with Gasteiger partial charge >= 0.3 is 12.1 Å². The molecule has 2 aromatic carbocycles. The van der Waals surface area contributed by atoms with Gasteiger partial charge in [-0.2, -0.15) is 0 Å². The summed E-state index contributed by atoms with van der Waals surface area (Å²) in [7, 11) is 1.39. The van der Waals surface area contributed by atoms with E-state index in [9.17, 15) is 19.5 Å². The van der Waals surface area contributed by atoms with Gasteiger partial charge in [0.2, 0.25) is 5.91 Å². The molecule has 1 fully saturated rings. The number of ether oxygens (including phenoxy) is 2. The monoisotopic (exact) mass is 466 g/mol. The van der Waals surface area contributed by atoms with E-state index in [-0.39, 0.29) is 12.5 Å². The minimum Gasteiger partial charge on any atom is -0.480 e. The number of carbonyl (C=O) groups excluding carboxylic acids is 2. The Hall–Kier alpha value is -3.39. The van der Waals surface area contributed by atoms with Crippen molar-refractivity contribution in [2.45, 2.75) is 50.3 Å². The number of amides is 2. The molecule has 2 aromatic rings. The second-order valence-electron chi connectivity index (χ2n) is 8.88. The molecule has 8 nitrogen and oxygen atoms in total. The van der Waals surface area contributed by atoms with Crippen LogP contribution in [0.1, 0.15) is 43.2 Å². The topological polar surface area (TPSA) is 114 Å². The van der Waals surface area contributed by atoms with Crippen LogP contribution in [0.2, 0.25) is 0 Å². The highest BCUT2D eigenvalue weighted by Crippen LogP contribution is 2.44. The van der Waals surface area contributed by atoms with E-state index in [1.54, 1.807) is 6.92 Å². The van der Waals surface area contributed by atoms with Gasteiger partial charge in [0.05, 0.1) is 12.0 Å². The SMILES string of the molecule is CO[C@H](C)[C@H](NC(=O)C1CCCC1NC(=O)OCC1c2ccccc2-c2ccccc21)C(=O)O. The molecule has 0 heterocycles. The molecule has 0 aliphatic heterocycles. The molecular weight excluding hydrogens is 436 g/mol. The van der Waals surface area contributed by atoms with Crippen LogP contribution in [0.25, 0.3) is 11.1 Å². The van der Waals surface area contributed by atoms with Crippen molar-refractivity contribution >= 4 is 18.0 Å². The third-order valence-corrected chi connectivity index (χ3v) is 6.90. The van der Waals surface area contributed by atoms with Crippen LogP contribution in [0.5, 0.6) is 0 Å². The van der Waals surface area contributed by atoms with Crippen LogP contribution >= 0.6 is 0 Å². The van der Waals surface area contributed by atoms with Crippen LogP contribution in [0.3, 0.4) is 0 Å². The van der Waals surface area contributed by atoms with Crippen LogP contribution in [-0.4, -0.2) is 55.0 Å². The Balaban J connectivity index is 1.37. The van der Waals surface area contributed by atoms with Crippen LogP contribution in [0.15, 0.2) is 48.5 Å². The first-order chi connectivity index (χ1) is 16.4. The number of nitrogens with one attached hydrogen (secondary N) is 2. The van der Waals surface area contributed by atoms with Crippen molar-refractivity contribution in [1.29, 1.82) is 0 Å². The molecule has 2 aliphatic carbocycles. The Morgan fingerprint density at radius 3 is 2.24 bits per heavy atom. The molecule has 180 valence electrons. The third kappa shape index (κ3) is 4.77. The van der Waals surface area contributed by atoms with Crippen molar-refractivity contribution in [2.75, 3.05) is 13.7 Å². The number of fused-ring (bicyclic) bond motifs is 3. The highest BCUT2D eigenvalue weighted by molar-refractivity contribution is 5.86. The van der Waals surface area contributed by atoms with Crippen LogP contribution in [0, 0.1) is 5.92 Å². The number of methoxy groups -OCH3 is 1.